The van der Waals surface area contributed by atoms with Gasteiger partial charge in [-0.15, -0.1) is 0 Å². The molecule has 0 saturated carbocycles. The Bertz CT molecular complexity index is 911. The van der Waals surface area contributed by atoms with Crippen molar-refractivity contribution in [2.75, 3.05) is 13.6 Å². The van der Waals surface area contributed by atoms with Gasteiger partial charge in [-0.05, 0) is 42.8 Å². The molecule has 2 N–H and O–H groups in total. The molecule has 0 aliphatic rings. The first-order valence-corrected chi connectivity index (χ1v) is 9.10. The van der Waals surface area contributed by atoms with Gasteiger partial charge in [0.25, 0.3) is 0 Å². The summed E-state index contributed by atoms with van der Waals surface area (Å²) < 4.78 is 20.8. The molecule has 0 spiro atoms. The first-order chi connectivity index (χ1) is 13.6. The molecule has 0 saturated heterocycles. The van der Waals surface area contributed by atoms with Crippen LogP contribution in [0.1, 0.15) is 12.5 Å². The number of aliphatic imine (C=N–C) groups is 1. The number of hydrogen-bond donors (Lipinski definition) is 2. The molecule has 0 radical (unpaired) electrons. The van der Waals surface area contributed by atoms with E-state index in [-0.39, 0.29) is 11.9 Å². The third kappa shape index (κ3) is 5.57. The van der Waals surface area contributed by atoms with Crippen LogP contribution in [0.4, 0.5) is 4.39 Å². The quantitative estimate of drug-likeness (QED) is 0.488. The fourth-order valence-corrected chi connectivity index (χ4v) is 2.69. The highest BCUT2D eigenvalue weighted by Gasteiger charge is 2.07. The summed E-state index contributed by atoms with van der Waals surface area (Å²) >= 11 is 0. The second kappa shape index (κ2) is 9.55. The van der Waals surface area contributed by atoms with Crippen molar-refractivity contribution in [2.24, 2.45) is 4.99 Å². The smallest absolute Gasteiger partial charge is 0.191 e. The molecule has 7 heteroatoms. The molecule has 0 aliphatic heterocycles. The zero-order valence-corrected chi connectivity index (χ0v) is 16.0. The van der Waals surface area contributed by atoms with Crippen molar-refractivity contribution in [3.05, 3.63) is 78.4 Å². The minimum absolute atomic E-state index is 0.150. The third-order valence-corrected chi connectivity index (χ3v) is 4.05. The Morgan fingerprint density at radius 3 is 2.79 bits per heavy atom. The second-order valence-corrected chi connectivity index (χ2v) is 6.31. The highest BCUT2D eigenvalue weighted by atomic mass is 19.1. The van der Waals surface area contributed by atoms with Crippen LogP contribution in [0, 0.1) is 5.82 Å². The number of guanidine groups is 1. The summed E-state index contributed by atoms with van der Waals surface area (Å²) in [5.74, 6) is 0.861. The highest BCUT2D eigenvalue weighted by Crippen LogP contribution is 2.13. The summed E-state index contributed by atoms with van der Waals surface area (Å²) in [5, 5.41) is 10.7. The number of halogens is 1. The summed E-state index contributed by atoms with van der Waals surface area (Å²) in [6.45, 7) is 3.07. The first kappa shape index (κ1) is 19.4. The van der Waals surface area contributed by atoms with E-state index >= 15 is 0 Å². The Kier molecular flexibility index (Phi) is 6.62. The van der Waals surface area contributed by atoms with E-state index in [2.05, 4.69) is 26.8 Å². The van der Waals surface area contributed by atoms with Crippen molar-refractivity contribution >= 4 is 5.96 Å². The molecule has 3 aromatic rings. The zero-order chi connectivity index (χ0) is 19.8. The normalized spacial score (nSPS) is 12.5. The molecule has 1 unspecified atom stereocenters. The van der Waals surface area contributed by atoms with Crippen molar-refractivity contribution in [2.45, 2.75) is 19.6 Å². The van der Waals surface area contributed by atoms with Crippen molar-refractivity contribution < 1.29 is 9.13 Å². The summed E-state index contributed by atoms with van der Waals surface area (Å²) in [7, 11) is 1.72. The van der Waals surface area contributed by atoms with Crippen LogP contribution in [0.25, 0.3) is 5.69 Å². The van der Waals surface area contributed by atoms with Gasteiger partial charge in [-0.2, -0.15) is 5.10 Å². The van der Waals surface area contributed by atoms with E-state index in [0.29, 0.717) is 24.8 Å². The molecular formula is C21H24FN5O. The first-order valence-electron chi connectivity index (χ1n) is 9.10. The van der Waals surface area contributed by atoms with E-state index in [0.717, 1.165) is 11.3 Å². The van der Waals surface area contributed by atoms with Crippen LogP contribution in [0.5, 0.6) is 5.75 Å². The number of ether oxygens (including phenoxy) is 1. The Labute approximate surface area is 164 Å². The van der Waals surface area contributed by atoms with Gasteiger partial charge in [0.15, 0.2) is 5.96 Å². The molecule has 0 aliphatic carbocycles. The van der Waals surface area contributed by atoms with Crippen LogP contribution in [0.3, 0.4) is 0 Å². The number of benzene rings is 2. The SMILES string of the molecule is CN=C(NCc1cccc(-n2cccn2)c1)NCC(C)Oc1cccc(F)c1. The van der Waals surface area contributed by atoms with Crippen LogP contribution in [0.15, 0.2) is 72.0 Å². The minimum atomic E-state index is -0.313. The Balaban J connectivity index is 1.49. The van der Waals surface area contributed by atoms with E-state index < -0.39 is 0 Å². The fourth-order valence-electron chi connectivity index (χ4n) is 2.69. The van der Waals surface area contributed by atoms with Crippen LogP contribution >= 0.6 is 0 Å². The van der Waals surface area contributed by atoms with Gasteiger partial charge in [0.05, 0.1) is 12.2 Å². The number of aromatic nitrogens is 2. The number of hydrogen-bond acceptors (Lipinski definition) is 3. The standard InChI is InChI=1S/C21H24FN5O/c1-16(28-20-9-4-7-18(22)13-20)14-24-21(23-2)25-15-17-6-3-8-19(12-17)27-11-5-10-26-27/h3-13,16H,14-15H2,1-2H3,(H2,23,24,25). The van der Waals surface area contributed by atoms with Crippen molar-refractivity contribution in [1.82, 2.24) is 20.4 Å². The number of rotatable bonds is 7. The molecule has 2 aromatic carbocycles. The van der Waals surface area contributed by atoms with E-state index in [1.807, 2.05) is 42.1 Å². The molecule has 28 heavy (non-hydrogen) atoms. The van der Waals surface area contributed by atoms with Crippen molar-refractivity contribution in [3.8, 4) is 11.4 Å². The van der Waals surface area contributed by atoms with E-state index in [9.17, 15) is 4.39 Å². The molecule has 3 rings (SSSR count). The lowest BCUT2D eigenvalue weighted by Crippen LogP contribution is -2.41. The number of nitrogens with one attached hydrogen (secondary N) is 2. The average Bonchev–Trinajstić information content (AvgIpc) is 3.23. The summed E-state index contributed by atoms with van der Waals surface area (Å²) in [6, 6.07) is 16.1. The van der Waals surface area contributed by atoms with Crippen molar-refractivity contribution in [1.29, 1.82) is 0 Å². The predicted molar refractivity (Wildman–Crippen MR) is 108 cm³/mol. The maximum Gasteiger partial charge on any atom is 0.191 e. The maximum absolute atomic E-state index is 13.2. The Morgan fingerprint density at radius 2 is 2.04 bits per heavy atom. The van der Waals surface area contributed by atoms with E-state index in [1.165, 1.54) is 12.1 Å². The Hall–Kier alpha value is -3.35. The molecule has 0 fully saturated rings. The van der Waals surface area contributed by atoms with Crippen LogP contribution in [-0.4, -0.2) is 35.4 Å². The topological polar surface area (TPSA) is 63.5 Å². The molecule has 1 atom stereocenters. The van der Waals surface area contributed by atoms with Crippen molar-refractivity contribution in [3.63, 3.8) is 0 Å². The number of nitrogens with zero attached hydrogens (tertiary/aromatic N) is 3. The lowest BCUT2D eigenvalue weighted by Gasteiger charge is -2.18. The summed E-state index contributed by atoms with van der Waals surface area (Å²) in [6.07, 6.45) is 3.51. The van der Waals surface area contributed by atoms with Gasteiger partial charge >= 0.3 is 0 Å². The molecule has 6 nitrogen and oxygen atoms in total. The van der Waals surface area contributed by atoms with Gasteiger partial charge in [-0.25, -0.2) is 9.07 Å². The molecule has 0 amide bonds. The second-order valence-electron chi connectivity index (χ2n) is 6.31. The van der Waals surface area contributed by atoms with Gasteiger partial charge in [0.1, 0.15) is 17.7 Å². The lowest BCUT2D eigenvalue weighted by molar-refractivity contribution is 0.223. The van der Waals surface area contributed by atoms with E-state index in [4.69, 9.17) is 4.74 Å². The molecule has 1 heterocycles. The predicted octanol–water partition coefficient (Wildman–Crippen LogP) is 3.14. The maximum atomic E-state index is 13.2. The average molecular weight is 381 g/mol. The van der Waals surface area contributed by atoms with Crippen LogP contribution in [0.2, 0.25) is 0 Å². The van der Waals surface area contributed by atoms with Gasteiger partial charge in [-0.3, -0.25) is 4.99 Å². The van der Waals surface area contributed by atoms with Gasteiger partial charge in [0.2, 0.25) is 0 Å². The molecule has 146 valence electrons. The summed E-state index contributed by atoms with van der Waals surface area (Å²) in [5.41, 5.74) is 2.12. The van der Waals surface area contributed by atoms with Gasteiger partial charge < -0.3 is 15.4 Å². The molecule has 1 aromatic heterocycles. The lowest BCUT2D eigenvalue weighted by atomic mass is 10.2. The largest absolute Gasteiger partial charge is 0.489 e. The zero-order valence-electron chi connectivity index (χ0n) is 16.0. The third-order valence-electron chi connectivity index (χ3n) is 4.05. The summed E-state index contributed by atoms with van der Waals surface area (Å²) in [4.78, 5) is 4.23. The minimum Gasteiger partial charge on any atom is -0.489 e. The Morgan fingerprint density at radius 1 is 1.18 bits per heavy atom. The van der Waals surface area contributed by atoms with E-state index in [1.54, 1.807) is 25.4 Å². The highest BCUT2D eigenvalue weighted by molar-refractivity contribution is 5.79. The fraction of sp³-hybridized carbons (Fsp3) is 0.238. The van der Waals surface area contributed by atoms with Crippen LogP contribution in [-0.2, 0) is 6.54 Å². The molecular weight excluding hydrogens is 357 g/mol. The van der Waals surface area contributed by atoms with Crippen LogP contribution < -0.4 is 15.4 Å². The van der Waals surface area contributed by atoms with Gasteiger partial charge in [0, 0.05) is 32.1 Å². The monoisotopic (exact) mass is 381 g/mol. The molecule has 0 bridgehead atoms. The van der Waals surface area contributed by atoms with Gasteiger partial charge in [-0.1, -0.05) is 18.2 Å².